The van der Waals surface area contributed by atoms with E-state index in [9.17, 15) is 30.9 Å². The van der Waals surface area contributed by atoms with E-state index in [1.165, 1.54) is 12.1 Å². The lowest BCUT2D eigenvalue weighted by molar-refractivity contribution is -0.386. The first-order valence-corrected chi connectivity index (χ1v) is 10.7. The van der Waals surface area contributed by atoms with Crippen molar-refractivity contribution >= 4 is 33.1 Å². The van der Waals surface area contributed by atoms with E-state index >= 15 is 0 Å². The molecular formula is C21H19ClF3N3O4S. The van der Waals surface area contributed by atoms with E-state index in [2.05, 4.69) is 16.4 Å². The molecule has 0 heterocycles. The number of carbonyl (C=O) groups excluding carboxylic acids is 1. The minimum Gasteiger partial charge on any atom is -1.00 e. The van der Waals surface area contributed by atoms with E-state index in [0.717, 1.165) is 35.9 Å². The van der Waals surface area contributed by atoms with Crippen molar-refractivity contribution in [3.63, 3.8) is 0 Å². The standard InChI is InChI=1S/C21H18F3N3O4S.ClH/c22-21(23,24)14-7-10-17(26-15-8-5-13(12-25)6-9-15)18(11-14)27-20(28)16-3-1-2-4-19(16)32(29,30)31;/h1-11,26H,12,25H2,(H,27,28)(H,29,30,31);1H. The molecule has 0 aliphatic rings. The van der Waals surface area contributed by atoms with E-state index < -0.39 is 38.2 Å². The summed E-state index contributed by atoms with van der Waals surface area (Å²) in [5.41, 5.74) is 3.78. The number of quaternary nitrogens is 1. The first kappa shape index (κ1) is 26.1. The Bertz CT molecular complexity index is 1250. The Hall–Kier alpha value is -3.12. The van der Waals surface area contributed by atoms with Crippen molar-refractivity contribution in [2.24, 2.45) is 0 Å². The second-order valence-electron chi connectivity index (χ2n) is 6.76. The van der Waals surface area contributed by atoms with Gasteiger partial charge in [0.1, 0.15) is 4.90 Å². The highest BCUT2D eigenvalue weighted by Gasteiger charge is 2.31. The summed E-state index contributed by atoms with van der Waals surface area (Å²) in [6, 6.07) is 14.5. The number of amides is 1. The lowest BCUT2D eigenvalue weighted by Crippen LogP contribution is -3.00. The van der Waals surface area contributed by atoms with Crippen LogP contribution in [0.15, 0.2) is 71.6 Å². The summed E-state index contributed by atoms with van der Waals surface area (Å²) < 4.78 is 72.2. The summed E-state index contributed by atoms with van der Waals surface area (Å²) in [6.07, 6.45) is -4.67. The first-order chi connectivity index (χ1) is 15.0. The smallest absolute Gasteiger partial charge is 0.416 e. The summed E-state index contributed by atoms with van der Waals surface area (Å²) in [6.45, 7) is 0.565. The Morgan fingerprint density at radius 2 is 1.61 bits per heavy atom. The van der Waals surface area contributed by atoms with Gasteiger partial charge in [0.15, 0.2) is 0 Å². The van der Waals surface area contributed by atoms with Gasteiger partial charge in [0, 0.05) is 11.3 Å². The Morgan fingerprint density at radius 3 is 2.18 bits per heavy atom. The maximum atomic E-state index is 13.2. The average molecular weight is 502 g/mol. The molecule has 7 nitrogen and oxygen atoms in total. The highest BCUT2D eigenvalue weighted by molar-refractivity contribution is 7.86. The molecule has 3 aromatic carbocycles. The van der Waals surface area contributed by atoms with Crippen LogP contribution in [-0.4, -0.2) is 18.9 Å². The van der Waals surface area contributed by atoms with E-state index in [0.29, 0.717) is 12.2 Å². The third-order valence-corrected chi connectivity index (χ3v) is 5.44. The zero-order valence-corrected chi connectivity index (χ0v) is 18.4. The van der Waals surface area contributed by atoms with Crippen LogP contribution in [0.4, 0.5) is 30.2 Å². The number of carbonyl (C=O) groups is 1. The number of nitrogens with one attached hydrogen (secondary N) is 2. The number of halogens is 4. The molecule has 3 aromatic rings. The molecule has 0 radical (unpaired) electrons. The van der Waals surface area contributed by atoms with Crippen molar-refractivity contribution in [1.82, 2.24) is 0 Å². The third-order valence-electron chi connectivity index (χ3n) is 4.53. The van der Waals surface area contributed by atoms with Crippen LogP contribution in [0.5, 0.6) is 0 Å². The van der Waals surface area contributed by atoms with Gasteiger partial charge in [-0.05, 0) is 42.5 Å². The van der Waals surface area contributed by atoms with Gasteiger partial charge in [-0.15, -0.1) is 0 Å². The average Bonchev–Trinajstić information content (AvgIpc) is 2.74. The van der Waals surface area contributed by atoms with Gasteiger partial charge in [-0.1, -0.05) is 24.3 Å². The van der Waals surface area contributed by atoms with Crippen LogP contribution in [0.1, 0.15) is 21.5 Å². The number of rotatable bonds is 6. The van der Waals surface area contributed by atoms with E-state index in [4.69, 9.17) is 0 Å². The normalized spacial score (nSPS) is 11.4. The Kier molecular flexibility index (Phi) is 8.09. The van der Waals surface area contributed by atoms with Gasteiger partial charge in [-0.25, -0.2) is 0 Å². The van der Waals surface area contributed by atoms with Crippen LogP contribution >= 0.6 is 0 Å². The molecule has 6 N–H and O–H groups in total. The molecule has 33 heavy (non-hydrogen) atoms. The number of anilines is 3. The maximum Gasteiger partial charge on any atom is 0.416 e. The van der Waals surface area contributed by atoms with Crippen molar-refractivity contribution in [1.29, 1.82) is 0 Å². The summed E-state index contributed by atoms with van der Waals surface area (Å²) in [4.78, 5) is 12.1. The Balaban J connectivity index is 0.00000385. The predicted molar refractivity (Wildman–Crippen MR) is 112 cm³/mol. The van der Waals surface area contributed by atoms with Gasteiger partial charge < -0.3 is 28.8 Å². The highest BCUT2D eigenvalue weighted by atomic mass is 35.5. The fourth-order valence-electron chi connectivity index (χ4n) is 2.91. The highest BCUT2D eigenvalue weighted by Crippen LogP contribution is 2.35. The van der Waals surface area contributed by atoms with Gasteiger partial charge in [0.2, 0.25) is 0 Å². The quantitative estimate of drug-likeness (QED) is 0.370. The topological polar surface area (TPSA) is 123 Å². The molecule has 0 saturated heterocycles. The van der Waals surface area contributed by atoms with Crippen molar-refractivity contribution in [3.8, 4) is 0 Å². The van der Waals surface area contributed by atoms with Crippen LogP contribution in [0.3, 0.4) is 0 Å². The second kappa shape index (κ2) is 10.2. The molecule has 1 amide bonds. The molecule has 0 aliphatic heterocycles. The number of hydrogen-bond donors (Lipinski definition) is 4. The van der Waals surface area contributed by atoms with Gasteiger partial charge >= 0.3 is 6.18 Å². The molecule has 0 aliphatic carbocycles. The molecule has 0 atom stereocenters. The molecule has 176 valence electrons. The van der Waals surface area contributed by atoms with Gasteiger partial charge in [0.05, 0.1) is 29.0 Å². The Labute approximate surface area is 194 Å². The SMILES string of the molecule is [Cl-].[NH3+]Cc1ccc(Nc2ccc(C(F)(F)F)cc2NC(=O)c2ccccc2S(=O)(=O)O)cc1. The number of benzene rings is 3. The van der Waals surface area contributed by atoms with Crippen LogP contribution in [-0.2, 0) is 22.8 Å². The minimum atomic E-state index is -4.73. The molecular weight excluding hydrogens is 483 g/mol. The van der Waals surface area contributed by atoms with Crippen molar-refractivity contribution in [2.45, 2.75) is 17.6 Å². The molecule has 3 rings (SSSR count). The largest absolute Gasteiger partial charge is 1.00 e. The summed E-state index contributed by atoms with van der Waals surface area (Å²) >= 11 is 0. The maximum absolute atomic E-state index is 13.2. The summed E-state index contributed by atoms with van der Waals surface area (Å²) in [5, 5.41) is 5.24. The molecule has 0 spiro atoms. The molecule has 0 saturated carbocycles. The van der Waals surface area contributed by atoms with Crippen LogP contribution in [0.2, 0.25) is 0 Å². The zero-order valence-electron chi connectivity index (χ0n) is 16.9. The molecule has 0 aromatic heterocycles. The van der Waals surface area contributed by atoms with Gasteiger partial charge in [-0.2, -0.15) is 21.6 Å². The number of hydrogen-bond acceptors (Lipinski definition) is 4. The van der Waals surface area contributed by atoms with Crippen molar-refractivity contribution in [3.05, 3.63) is 83.4 Å². The van der Waals surface area contributed by atoms with Crippen molar-refractivity contribution in [2.75, 3.05) is 10.6 Å². The van der Waals surface area contributed by atoms with E-state index in [-0.39, 0.29) is 23.8 Å². The third kappa shape index (κ3) is 6.45. The van der Waals surface area contributed by atoms with Crippen molar-refractivity contribution < 1.29 is 49.1 Å². The summed E-state index contributed by atoms with van der Waals surface area (Å²) in [7, 11) is -4.73. The lowest BCUT2D eigenvalue weighted by atomic mass is 10.1. The zero-order chi connectivity index (χ0) is 23.5. The molecule has 0 bridgehead atoms. The monoisotopic (exact) mass is 501 g/mol. The van der Waals surface area contributed by atoms with E-state index in [1.807, 2.05) is 0 Å². The molecule has 12 heteroatoms. The van der Waals surface area contributed by atoms with Gasteiger partial charge in [0.25, 0.3) is 16.0 Å². The van der Waals surface area contributed by atoms with Gasteiger partial charge in [-0.3, -0.25) is 9.35 Å². The summed E-state index contributed by atoms with van der Waals surface area (Å²) in [5.74, 6) is -1.01. The fourth-order valence-corrected chi connectivity index (χ4v) is 3.60. The molecule has 0 fully saturated rings. The predicted octanol–water partition coefficient (Wildman–Crippen LogP) is 0.694. The van der Waals surface area contributed by atoms with Crippen LogP contribution in [0, 0.1) is 0 Å². The molecule has 0 unspecified atom stereocenters. The fraction of sp³-hybridized carbons (Fsp3) is 0.0952. The number of alkyl halides is 3. The lowest BCUT2D eigenvalue weighted by Gasteiger charge is -2.17. The minimum absolute atomic E-state index is 0. The first-order valence-electron chi connectivity index (χ1n) is 9.23. The van der Waals surface area contributed by atoms with Crippen LogP contribution in [0.25, 0.3) is 0 Å². The second-order valence-corrected chi connectivity index (χ2v) is 8.15. The Morgan fingerprint density at radius 1 is 0.970 bits per heavy atom. The van der Waals surface area contributed by atoms with E-state index in [1.54, 1.807) is 24.3 Å². The van der Waals surface area contributed by atoms with Crippen LogP contribution < -0.4 is 28.8 Å².